The fourth-order valence-corrected chi connectivity index (χ4v) is 0.385. The SMILES string of the molecule is C[CH][CH][CH]C.C[CH][CH][CH]C.O=C(O)C(F)(F)F.O=C(O)C(F)(F)F.[Pd].[Pd]. The Kier molecular flexibility index (Phi) is 38.7. The normalized spacial score (nSPS) is 9.31. The molecular formula is C14H20F6O4Pd2. The maximum Gasteiger partial charge on any atom is 0.490 e. The molecule has 0 aromatic heterocycles. The van der Waals surface area contributed by atoms with E-state index < -0.39 is 24.3 Å². The maximum absolute atomic E-state index is 10.6. The molecule has 6 radical (unpaired) electrons. The van der Waals surface area contributed by atoms with Crippen LogP contribution in [0.5, 0.6) is 0 Å². The number of hydrogen-bond donors (Lipinski definition) is 2. The number of aliphatic carboxylic acids is 2. The monoisotopic (exact) mass is 578 g/mol. The summed E-state index contributed by atoms with van der Waals surface area (Å²) in [5.41, 5.74) is 0. The second kappa shape index (κ2) is 24.8. The molecule has 0 unspecified atom stereocenters. The van der Waals surface area contributed by atoms with Gasteiger partial charge in [0, 0.05) is 40.8 Å². The third-order valence-electron chi connectivity index (χ3n) is 1.25. The molecule has 26 heavy (non-hydrogen) atoms. The molecule has 0 aromatic carbocycles. The summed E-state index contributed by atoms with van der Waals surface area (Å²) in [5, 5.41) is 14.2. The van der Waals surface area contributed by atoms with Gasteiger partial charge in [0.15, 0.2) is 0 Å². The van der Waals surface area contributed by atoms with Crippen LogP contribution in [0.15, 0.2) is 0 Å². The van der Waals surface area contributed by atoms with Gasteiger partial charge in [0.25, 0.3) is 0 Å². The van der Waals surface area contributed by atoms with Gasteiger partial charge in [-0.15, -0.1) is 0 Å². The molecule has 0 aliphatic carbocycles. The summed E-state index contributed by atoms with van der Waals surface area (Å²) in [7, 11) is 0. The molecule has 0 atom stereocenters. The van der Waals surface area contributed by atoms with E-state index in [1.807, 2.05) is 66.2 Å². The van der Waals surface area contributed by atoms with E-state index in [4.69, 9.17) is 19.8 Å². The van der Waals surface area contributed by atoms with Gasteiger partial charge in [-0.2, -0.15) is 26.3 Å². The number of rotatable bonds is 4. The Labute approximate surface area is 177 Å². The standard InChI is InChI=1S/2C5H9.2C2HF3O2.2Pd/c2*1-3-5-4-2;2*3-2(4,5)1(6)7;;/h2*3-5H,1-2H3;2*(H,6,7);;. The first-order valence-electron chi connectivity index (χ1n) is 6.13. The van der Waals surface area contributed by atoms with Gasteiger partial charge < -0.3 is 10.2 Å². The topological polar surface area (TPSA) is 74.6 Å². The Morgan fingerprint density at radius 2 is 0.731 bits per heavy atom. The molecule has 0 aliphatic heterocycles. The molecule has 2 N–H and O–H groups in total. The van der Waals surface area contributed by atoms with Crippen molar-refractivity contribution in [3.05, 3.63) is 38.5 Å². The fraction of sp³-hybridized carbons (Fsp3) is 0.429. The average Bonchev–Trinajstić information content (AvgIpc) is 2.40. The second-order valence-electron chi connectivity index (χ2n) is 3.32. The van der Waals surface area contributed by atoms with Gasteiger partial charge in [-0.3, -0.25) is 0 Å². The Hall–Kier alpha value is -0.155. The van der Waals surface area contributed by atoms with Crippen LogP contribution in [0.2, 0.25) is 0 Å². The van der Waals surface area contributed by atoms with E-state index in [-0.39, 0.29) is 40.8 Å². The molecule has 0 bridgehead atoms. The molecule has 0 aromatic rings. The molecule has 0 fully saturated rings. The summed E-state index contributed by atoms with van der Waals surface area (Å²) in [5.74, 6) is -5.51. The number of hydrogen-bond acceptors (Lipinski definition) is 2. The van der Waals surface area contributed by atoms with Crippen LogP contribution in [-0.4, -0.2) is 34.5 Å². The van der Waals surface area contributed by atoms with Crippen molar-refractivity contribution in [3.63, 3.8) is 0 Å². The van der Waals surface area contributed by atoms with E-state index in [2.05, 4.69) is 0 Å². The maximum atomic E-state index is 10.6. The minimum absolute atomic E-state index is 0. The van der Waals surface area contributed by atoms with E-state index in [1.165, 1.54) is 0 Å². The van der Waals surface area contributed by atoms with Crippen LogP contribution in [0.1, 0.15) is 27.7 Å². The quantitative estimate of drug-likeness (QED) is 0.379. The Morgan fingerprint density at radius 3 is 0.731 bits per heavy atom. The summed E-state index contributed by atoms with van der Waals surface area (Å²) >= 11 is 0. The van der Waals surface area contributed by atoms with Crippen LogP contribution in [-0.2, 0) is 50.4 Å². The van der Waals surface area contributed by atoms with E-state index >= 15 is 0 Å². The number of carboxylic acids is 2. The predicted octanol–water partition coefficient (Wildman–Crippen LogP) is 4.54. The van der Waals surface area contributed by atoms with Crippen LogP contribution in [0, 0.1) is 38.5 Å². The van der Waals surface area contributed by atoms with Crippen molar-refractivity contribution >= 4 is 11.9 Å². The number of halogens is 6. The summed E-state index contributed by atoms with van der Waals surface area (Å²) in [4.78, 5) is 17.8. The number of carbonyl (C=O) groups is 2. The second-order valence-corrected chi connectivity index (χ2v) is 3.32. The van der Waals surface area contributed by atoms with E-state index in [0.717, 1.165) is 0 Å². The fourth-order valence-electron chi connectivity index (χ4n) is 0.385. The van der Waals surface area contributed by atoms with E-state index in [9.17, 15) is 26.3 Å². The molecule has 0 saturated heterocycles. The van der Waals surface area contributed by atoms with Crippen LogP contribution in [0.4, 0.5) is 26.3 Å². The van der Waals surface area contributed by atoms with Crippen LogP contribution in [0.3, 0.4) is 0 Å². The van der Waals surface area contributed by atoms with Gasteiger partial charge in [0.1, 0.15) is 0 Å². The van der Waals surface area contributed by atoms with Crippen LogP contribution in [0.25, 0.3) is 0 Å². The molecular weight excluding hydrogens is 559 g/mol. The van der Waals surface area contributed by atoms with Crippen LogP contribution >= 0.6 is 0 Å². The van der Waals surface area contributed by atoms with Crippen molar-refractivity contribution in [1.29, 1.82) is 0 Å². The zero-order valence-electron chi connectivity index (χ0n) is 14.1. The van der Waals surface area contributed by atoms with Crippen molar-refractivity contribution < 1.29 is 87.0 Å². The Bertz CT molecular complexity index is 277. The van der Waals surface area contributed by atoms with E-state index in [1.54, 1.807) is 0 Å². The zero-order chi connectivity index (χ0) is 20.4. The summed E-state index contributed by atoms with van der Waals surface area (Å²) in [6.45, 7) is 8.00. The largest absolute Gasteiger partial charge is 0.490 e. The first-order chi connectivity index (χ1) is 10.7. The smallest absolute Gasteiger partial charge is 0.475 e. The summed E-state index contributed by atoms with van der Waals surface area (Å²) in [6, 6.07) is 0. The molecule has 0 spiro atoms. The van der Waals surface area contributed by atoms with Crippen molar-refractivity contribution in [2.24, 2.45) is 0 Å². The zero-order valence-corrected chi connectivity index (χ0v) is 17.2. The Balaban J connectivity index is -0.0000000506. The minimum Gasteiger partial charge on any atom is -0.475 e. The summed E-state index contributed by atoms with van der Waals surface area (Å²) in [6.07, 6.45) is 1.83. The van der Waals surface area contributed by atoms with Crippen molar-refractivity contribution in [2.75, 3.05) is 0 Å². The van der Waals surface area contributed by atoms with Gasteiger partial charge >= 0.3 is 24.3 Å². The first kappa shape index (κ1) is 40.5. The van der Waals surface area contributed by atoms with Crippen LogP contribution < -0.4 is 0 Å². The number of alkyl halides is 6. The number of unbranched alkanes of at least 4 members (excludes halogenated alkanes) is 4. The third-order valence-corrected chi connectivity index (χ3v) is 1.25. The van der Waals surface area contributed by atoms with Gasteiger partial charge in [-0.25, -0.2) is 9.59 Å². The molecule has 0 aliphatic rings. The third kappa shape index (κ3) is 49.6. The average molecular weight is 579 g/mol. The summed E-state index contributed by atoms with van der Waals surface area (Å²) < 4.78 is 63.5. The van der Waals surface area contributed by atoms with Crippen molar-refractivity contribution in [1.82, 2.24) is 0 Å². The molecule has 162 valence electrons. The molecule has 0 saturated carbocycles. The molecule has 12 heteroatoms. The molecule has 0 rings (SSSR count). The Morgan fingerprint density at radius 1 is 0.615 bits per heavy atom. The first-order valence-corrected chi connectivity index (χ1v) is 6.13. The molecule has 4 nitrogen and oxygen atoms in total. The van der Waals surface area contributed by atoms with Crippen molar-refractivity contribution in [3.8, 4) is 0 Å². The van der Waals surface area contributed by atoms with Gasteiger partial charge in [-0.05, 0) is 38.5 Å². The number of carboxylic acid groups (broad SMARTS) is 2. The van der Waals surface area contributed by atoms with Crippen molar-refractivity contribution in [2.45, 2.75) is 40.0 Å². The van der Waals surface area contributed by atoms with Gasteiger partial charge in [0.2, 0.25) is 0 Å². The minimum atomic E-state index is -5.08. The van der Waals surface area contributed by atoms with E-state index in [0.29, 0.717) is 0 Å². The van der Waals surface area contributed by atoms with Gasteiger partial charge in [0.05, 0.1) is 0 Å². The molecule has 0 amide bonds. The molecule has 0 heterocycles. The predicted molar refractivity (Wildman–Crippen MR) is 75.9 cm³/mol. The van der Waals surface area contributed by atoms with Gasteiger partial charge in [-0.1, -0.05) is 27.7 Å².